The van der Waals surface area contributed by atoms with Crippen molar-refractivity contribution in [2.75, 3.05) is 37.5 Å². The van der Waals surface area contributed by atoms with E-state index in [1.807, 2.05) is 19.0 Å². The number of nitrogens with one attached hydrogen (secondary N) is 3. The van der Waals surface area contributed by atoms with E-state index < -0.39 is 42.7 Å². The SMILES string of the molecule is CN(C)c1ccc(C(=O)NNC(=O)COCC(=O)Nc2cccc(C(F)(F)F)c2)cc1. The molecule has 8 nitrogen and oxygen atoms in total. The Labute approximate surface area is 176 Å². The molecule has 0 aliphatic rings. The summed E-state index contributed by atoms with van der Waals surface area (Å²) in [5.41, 5.74) is 4.61. The third kappa shape index (κ3) is 7.63. The van der Waals surface area contributed by atoms with E-state index in [1.54, 1.807) is 24.3 Å². The van der Waals surface area contributed by atoms with Gasteiger partial charge in [-0.25, -0.2) is 0 Å². The topological polar surface area (TPSA) is 99.8 Å². The van der Waals surface area contributed by atoms with Crippen molar-refractivity contribution in [3.63, 3.8) is 0 Å². The molecule has 0 aromatic heterocycles. The summed E-state index contributed by atoms with van der Waals surface area (Å²) in [4.78, 5) is 37.3. The van der Waals surface area contributed by atoms with Gasteiger partial charge >= 0.3 is 6.18 Å². The summed E-state index contributed by atoms with van der Waals surface area (Å²) in [6.07, 6.45) is -4.53. The fraction of sp³-hybridized carbons (Fsp3) is 0.250. The zero-order valence-electron chi connectivity index (χ0n) is 16.7. The van der Waals surface area contributed by atoms with Crippen LogP contribution in [0.1, 0.15) is 15.9 Å². The molecule has 0 heterocycles. The quantitative estimate of drug-likeness (QED) is 0.576. The van der Waals surface area contributed by atoms with E-state index in [0.29, 0.717) is 5.56 Å². The zero-order chi connectivity index (χ0) is 23.0. The first-order valence-electron chi connectivity index (χ1n) is 8.97. The third-order valence-corrected chi connectivity index (χ3v) is 3.90. The maximum atomic E-state index is 12.7. The molecule has 31 heavy (non-hydrogen) atoms. The fourth-order valence-electron chi connectivity index (χ4n) is 2.35. The first-order valence-corrected chi connectivity index (χ1v) is 8.97. The van der Waals surface area contributed by atoms with Gasteiger partial charge in [-0.1, -0.05) is 6.07 Å². The predicted octanol–water partition coefficient (Wildman–Crippen LogP) is 2.19. The van der Waals surface area contributed by atoms with Crippen LogP contribution in [0.25, 0.3) is 0 Å². The Kier molecular flexibility index (Phi) is 7.97. The van der Waals surface area contributed by atoms with Crippen molar-refractivity contribution in [3.8, 4) is 0 Å². The number of anilines is 2. The van der Waals surface area contributed by atoms with Gasteiger partial charge in [0.2, 0.25) is 5.91 Å². The summed E-state index contributed by atoms with van der Waals surface area (Å²) in [5, 5.41) is 2.24. The van der Waals surface area contributed by atoms with Crippen LogP contribution in [0.4, 0.5) is 24.5 Å². The molecule has 2 rings (SSSR count). The monoisotopic (exact) mass is 438 g/mol. The van der Waals surface area contributed by atoms with Gasteiger partial charge in [-0.15, -0.1) is 0 Å². The van der Waals surface area contributed by atoms with Gasteiger partial charge in [0.25, 0.3) is 11.8 Å². The zero-order valence-corrected chi connectivity index (χ0v) is 16.7. The average Bonchev–Trinajstić information content (AvgIpc) is 2.71. The van der Waals surface area contributed by atoms with Crippen molar-refractivity contribution >= 4 is 29.1 Å². The largest absolute Gasteiger partial charge is 0.416 e. The molecule has 0 bridgehead atoms. The number of hydrogen-bond acceptors (Lipinski definition) is 5. The Balaban J connectivity index is 1.72. The molecule has 11 heteroatoms. The molecule has 0 saturated heterocycles. The van der Waals surface area contributed by atoms with Gasteiger partial charge in [-0.3, -0.25) is 25.2 Å². The van der Waals surface area contributed by atoms with Crippen molar-refractivity contribution in [2.24, 2.45) is 0 Å². The van der Waals surface area contributed by atoms with E-state index in [0.717, 1.165) is 23.9 Å². The predicted molar refractivity (Wildman–Crippen MR) is 107 cm³/mol. The Bertz CT molecular complexity index is 931. The van der Waals surface area contributed by atoms with Gasteiger partial charge in [0, 0.05) is 31.0 Å². The summed E-state index contributed by atoms with van der Waals surface area (Å²) in [5.74, 6) is -2.00. The second-order valence-electron chi connectivity index (χ2n) is 6.56. The number of carbonyl (C=O) groups is 3. The highest BCUT2D eigenvalue weighted by Crippen LogP contribution is 2.30. The lowest BCUT2D eigenvalue weighted by molar-refractivity contribution is -0.137. The number of hydrogen-bond donors (Lipinski definition) is 3. The minimum absolute atomic E-state index is 0.0552. The molecule has 0 saturated carbocycles. The Morgan fingerprint density at radius 1 is 0.935 bits per heavy atom. The molecule has 0 fully saturated rings. The Morgan fingerprint density at radius 2 is 1.58 bits per heavy atom. The number of halogens is 3. The van der Waals surface area contributed by atoms with Crippen LogP contribution in [0.5, 0.6) is 0 Å². The van der Waals surface area contributed by atoms with Crippen molar-refractivity contribution in [1.82, 2.24) is 10.9 Å². The minimum Gasteiger partial charge on any atom is -0.378 e. The summed E-state index contributed by atoms with van der Waals surface area (Å²) < 4.78 is 42.9. The summed E-state index contributed by atoms with van der Waals surface area (Å²) in [7, 11) is 3.71. The molecule has 0 unspecified atom stereocenters. The number of nitrogens with zero attached hydrogens (tertiary/aromatic N) is 1. The molecule has 3 amide bonds. The summed E-state index contributed by atoms with van der Waals surface area (Å²) in [6.45, 7) is -1.11. The number of carbonyl (C=O) groups excluding carboxylic acids is 3. The van der Waals surface area contributed by atoms with Gasteiger partial charge in [-0.05, 0) is 42.5 Å². The van der Waals surface area contributed by atoms with E-state index in [1.165, 1.54) is 6.07 Å². The second kappa shape index (κ2) is 10.4. The molecule has 2 aromatic carbocycles. The normalized spacial score (nSPS) is 10.9. The molecular weight excluding hydrogens is 417 g/mol. The standard InChI is InChI=1S/C20H21F3N4O4/c1-27(2)16-8-6-13(7-9-16)19(30)26-25-18(29)12-31-11-17(28)24-15-5-3-4-14(10-15)20(21,22)23/h3-10H,11-12H2,1-2H3,(H,24,28)(H,25,29)(H,26,30). The first-order chi connectivity index (χ1) is 14.6. The first kappa shape index (κ1) is 23.7. The van der Waals surface area contributed by atoms with Crippen molar-refractivity contribution in [3.05, 3.63) is 59.7 Å². The van der Waals surface area contributed by atoms with Gasteiger partial charge in [-0.2, -0.15) is 13.2 Å². The van der Waals surface area contributed by atoms with Crippen LogP contribution < -0.4 is 21.1 Å². The molecule has 2 aromatic rings. The average molecular weight is 438 g/mol. The van der Waals surface area contributed by atoms with Crippen LogP contribution in [-0.4, -0.2) is 45.0 Å². The van der Waals surface area contributed by atoms with Crippen LogP contribution >= 0.6 is 0 Å². The molecule has 0 radical (unpaired) electrons. The lowest BCUT2D eigenvalue weighted by Crippen LogP contribution is -2.43. The number of ether oxygens (including phenoxy) is 1. The smallest absolute Gasteiger partial charge is 0.378 e. The molecule has 0 aliphatic carbocycles. The number of benzene rings is 2. The molecular formula is C20H21F3N4O4. The number of amides is 3. The van der Waals surface area contributed by atoms with Crippen LogP contribution in [0.2, 0.25) is 0 Å². The molecule has 0 spiro atoms. The van der Waals surface area contributed by atoms with Gasteiger partial charge in [0.1, 0.15) is 13.2 Å². The molecule has 3 N–H and O–H groups in total. The van der Waals surface area contributed by atoms with Crippen molar-refractivity contribution in [2.45, 2.75) is 6.18 Å². The van der Waals surface area contributed by atoms with Crippen LogP contribution in [0.3, 0.4) is 0 Å². The fourth-order valence-corrected chi connectivity index (χ4v) is 2.35. The van der Waals surface area contributed by atoms with E-state index in [4.69, 9.17) is 4.74 Å². The molecule has 0 aliphatic heterocycles. The van der Waals surface area contributed by atoms with Crippen LogP contribution in [-0.2, 0) is 20.5 Å². The van der Waals surface area contributed by atoms with Crippen molar-refractivity contribution in [1.29, 1.82) is 0 Å². The molecule has 0 atom stereocenters. The highest BCUT2D eigenvalue weighted by Gasteiger charge is 2.30. The van der Waals surface area contributed by atoms with Crippen molar-refractivity contribution < 1.29 is 32.3 Å². The maximum Gasteiger partial charge on any atom is 0.416 e. The highest BCUT2D eigenvalue weighted by atomic mass is 19.4. The van der Waals surface area contributed by atoms with Gasteiger partial charge < -0.3 is 15.0 Å². The Morgan fingerprint density at radius 3 is 2.19 bits per heavy atom. The van der Waals surface area contributed by atoms with Gasteiger partial charge in [0.15, 0.2) is 0 Å². The third-order valence-electron chi connectivity index (χ3n) is 3.90. The van der Waals surface area contributed by atoms with Gasteiger partial charge in [0.05, 0.1) is 5.56 Å². The van der Waals surface area contributed by atoms with E-state index in [2.05, 4.69) is 16.2 Å². The molecule has 166 valence electrons. The minimum atomic E-state index is -4.53. The summed E-state index contributed by atoms with van der Waals surface area (Å²) >= 11 is 0. The highest BCUT2D eigenvalue weighted by molar-refractivity contribution is 5.96. The Hall–Kier alpha value is -3.60. The van der Waals surface area contributed by atoms with E-state index in [-0.39, 0.29) is 5.69 Å². The maximum absolute atomic E-state index is 12.7. The lowest BCUT2D eigenvalue weighted by Gasteiger charge is -2.13. The number of rotatable bonds is 7. The summed E-state index contributed by atoms with van der Waals surface area (Å²) in [6, 6.07) is 10.8. The van der Waals surface area contributed by atoms with Crippen LogP contribution in [0, 0.1) is 0 Å². The second-order valence-corrected chi connectivity index (χ2v) is 6.56. The number of hydrazine groups is 1. The van der Waals surface area contributed by atoms with Crippen LogP contribution in [0.15, 0.2) is 48.5 Å². The number of alkyl halides is 3. The van der Waals surface area contributed by atoms with E-state index >= 15 is 0 Å². The lowest BCUT2D eigenvalue weighted by atomic mass is 10.2. The van der Waals surface area contributed by atoms with E-state index in [9.17, 15) is 27.6 Å².